The highest BCUT2D eigenvalue weighted by Crippen LogP contribution is 2.05. The van der Waals surface area contributed by atoms with Gasteiger partial charge in [0.25, 0.3) is 0 Å². The van der Waals surface area contributed by atoms with E-state index in [-0.39, 0.29) is 0 Å². The lowest BCUT2D eigenvalue weighted by Crippen LogP contribution is -2.54. The largest absolute Gasteiger partial charge is 0.376 e. The van der Waals surface area contributed by atoms with Gasteiger partial charge in [-0.05, 0) is 0 Å². The summed E-state index contributed by atoms with van der Waals surface area (Å²) in [5.74, 6) is -2.45. The van der Waals surface area contributed by atoms with Crippen molar-refractivity contribution in [2.75, 3.05) is 13.5 Å². The Morgan fingerprint density at radius 2 is 2.00 bits per heavy atom. The minimum atomic E-state index is -2.45. The number of carbonyl (C=O) groups is 1. The minimum Gasteiger partial charge on any atom is -0.376 e. The highest BCUT2D eigenvalue weighted by molar-refractivity contribution is 5.74. The fraction of sp³-hybridized carbons (Fsp3) is 0.800. The Kier molecular flexibility index (Phi) is 3.90. The van der Waals surface area contributed by atoms with E-state index in [4.69, 9.17) is 20.4 Å². The fourth-order valence-electron chi connectivity index (χ4n) is 0.554. The fourth-order valence-corrected chi connectivity index (χ4v) is 0.554. The molecule has 0 fully saturated rings. The van der Waals surface area contributed by atoms with Crippen LogP contribution in [0.25, 0.3) is 0 Å². The number of aliphatic hydroxyl groups is 4. The predicted molar refractivity (Wildman–Crippen MR) is 37.4 cm³/mol. The van der Waals surface area contributed by atoms with Crippen molar-refractivity contribution in [3.05, 3.63) is 0 Å². The quantitative estimate of drug-likeness (QED) is 0.309. The molecule has 0 aliphatic rings. The SMILES string of the molecule is CC(O)(O)N(CO)C(=O)NCO. The number of aliphatic hydroxyl groups excluding tert-OH is 2. The van der Waals surface area contributed by atoms with Crippen molar-refractivity contribution >= 4 is 6.03 Å². The molecule has 7 nitrogen and oxygen atoms in total. The van der Waals surface area contributed by atoms with E-state index in [0.29, 0.717) is 4.90 Å². The molecule has 0 aromatic heterocycles. The van der Waals surface area contributed by atoms with Crippen molar-refractivity contribution in [2.24, 2.45) is 0 Å². The molecule has 0 aromatic carbocycles. The smallest absolute Gasteiger partial charge is 0.325 e. The Labute approximate surface area is 68.8 Å². The molecule has 0 saturated carbocycles. The summed E-state index contributed by atoms with van der Waals surface area (Å²) in [5, 5.41) is 36.3. The van der Waals surface area contributed by atoms with Crippen LogP contribution in [0.15, 0.2) is 0 Å². The number of urea groups is 1. The van der Waals surface area contributed by atoms with Crippen LogP contribution in [0.5, 0.6) is 0 Å². The summed E-state index contributed by atoms with van der Waals surface area (Å²) < 4.78 is 0. The molecule has 0 spiro atoms. The van der Waals surface area contributed by atoms with Crippen molar-refractivity contribution in [2.45, 2.75) is 12.8 Å². The minimum absolute atomic E-state index is 0.323. The van der Waals surface area contributed by atoms with Crippen LogP contribution in [0, 0.1) is 0 Å². The highest BCUT2D eigenvalue weighted by Gasteiger charge is 2.29. The van der Waals surface area contributed by atoms with Crippen LogP contribution in [-0.4, -0.2) is 50.7 Å². The summed E-state index contributed by atoms with van der Waals surface area (Å²) in [4.78, 5) is 11.1. The summed E-state index contributed by atoms with van der Waals surface area (Å²) in [5.41, 5.74) is 0. The van der Waals surface area contributed by atoms with Gasteiger partial charge in [-0.3, -0.25) is 0 Å². The third kappa shape index (κ3) is 3.01. The lowest BCUT2D eigenvalue weighted by atomic mass is 10.5. The molecular formula is C5H12N2O5. The third-order valence-corrected chi connectivity index (χ3v) is 1.13. The number of nitrogens with zero attached hydrogens (tertiary/aromatic N) is 1. The van der Waals surface area contributed by atoms with Gasteiger partial charge in [-0.1, -0.05) is 0 Å². The average Bonchev–Trinajstić information content (AvgIpc) is 1.85. The molecule has 7 heteroatoms. The van der Waals surface area contributed by atoms with Gasteiger partial charge < -0.3 is 25.7 Å². The molecule has 2 amide bonds. The molecule has 0 radical (unpaired) electrons. The molecule has 0 saturated heterocycles. The third-order valence-electron chi connectivity index (χ3n) is 1.13. The van der Waals surface area contributed by atoms with E-state index in [2.05, 4.69) is 0 Å². The van der Waals surface area contributed by atoms with Gasteiger partial charge in [0.05, 0.1) is 0 Å². The number of rotatable bonds is 3. The Morgan fingerprint density at radius 1 is 1.50 bits per heavy atom. The first-order chi connectivity index (χ1) is 5.43. The molecule has 0 aromatic rings. The molecule has 12 heavy (non-hydrogen) atoms. The standard InChI is InChI=1S/C5H12N2O5/c1-5(11,12)7(3-9)4(10)6-2-8/h8-9,11-12H,2-3H2,1H3,(H,6,10). The average molecular weight is 180 g/mol. The van der Waals surface area contributed by atoms with E-state index in [9.17, 15) is 4.79 Å². The summed E-state index contributed by atoms with van der Waals surface area (Å²) in [6, 6.07) is -0.979. The van der Waals surface area contributed by atoms with Gasteiger partial charge in [0.2, 0.25) is 5.91 Å². The second-order valence-corrected chi connectivity index (χ2v) is 2.18. The zero-order valence-corrected chi connectivity index (χ0v) is 6.56. The van der Waals surface area contributed by atoms with E-state index in [1.165, 1.54) is 0 Å². The summed E-state index contributed by atoms with van der Waals surface area (Å²) in [7, 11) is 0. The molecule has 72 valence electrons. The molecule has 0 atom stereocenters. The van der Waals surface area contributed by atoms with E-state index < -0.39 is 25.4 Å². The maximum atomic E-state index is 10.8. The molecule has 0 rings (SSSR count). The van der Waals surface area contributed by atoms with Gasteiger partial charge in [0.15, 0.2) is 0 Å². The summed E-state index contributed by atoms with van der Waals surface area (Å²) in [6.07, 6.45) is 0. The second-order valence-electron chi connectivity index (χ2n) is 2.18. The summed E-state index contributed by atoms with van der Waals surface area (Å²) >= 11 is 0. The lowest BCUT2D eigenvalue weighted by Gasteiger charge is -2.29. The number of nitrogens with one attached hydrogen (secondary N) is 1. The van der Waals surface area contributed by atoms with Gasteiger partial charge >= 0.3 is 6.03 Å². The van der Waals surface area contributed by atoms with Crippen LogP contribution in [0.1, 0.15) is 6.92 Å². The Morgan fingerprint density at radius 3 is 2.25 bits per heavy atom. The maximum Gasteiger partial charge on any atom is 0.325 e. The second kappa shape index (κ2) is 4.21. The zero-order chi connectivity index (χ0) is 9.78. The van der Waals surface area contributed by atoms with Gasteiger partial charge in [-0.25, -0.2) is 9.69 Å². The summed E-state index contributed by atoms with van der Waals surface area (Å²) in [6.45, 7) is -0.610. The Bertz CT molecular complexity index is 154. The van der Waals surface area contributed by atoms with Gasteiger partial charge in [-0.15, -0.1) is 0 Å². The first kappa shape index (κ1) is 11.1. The number of carbonyl (C=O) groups excluding carboxylic acids is 1. The van der Waals surface area contributed by atoms with Crippen molar-refractivity contribution in [1.82, 2.24) is 10.2 Å². The van der Waals surface area contributed by atoms with Crippen LogP contribution in [0.4, 0.5) is 4.79 Å². The van der Waals surface area contributed by atoms with Crippen molar-refractivity contribution < 1.29 is 25.2 Å². The van der Waals surface area contributed by atoms with Crippen molar-refractivity contribution in [1.29, 1.82) is 0 Å². The van der Waals surface area contributed by atoms with Crippen LogP contribution in [0.2, 0.25) is 0 Å². The number of hydrogen-bond acceptors (Lipinski definition) is 5. The normalized spacial score (nSPS) is 11.1. The van der Waals surface area contributed by atoms with Gasteiger partial charge in [-0.2, -0.15) is 0 Å². The van der Waals surface area contributed by atoms with Gasteiger partial charge in [0.1, 0.15) is 13.5 Å². The van der Waals surface area contributed by atoms with E-state index in [1.807, 2.05) is 5.32 Å². The monoisotopic (exact) mass is 180 g/mol. The molecule has 0 heterocycles. The number of hydrogen-bond donors (Lipinski definition) is 5. The molecule has 0 bridgehead atoms. The lowest BCUT2D eigenvalue weighted by molar-refractivity contribution is -0.244. The first-order valence-corrected chi connectivity index (χ1v) is 3.15. The van der Waals surface area contributed by atoms with Crippen LogP contribution in [0.3, 0.4) is 0 Å². The van der Waals surface area contributed by atoms with E-state index in [1.54, 1.807) is 0 Å². The molecule has 0 unspecified atom stereocenters. The highest BCUT2D eigenvalue weighted by atomic mass is 16.5. The topological polar surface area (TPSA) is 113 Å². The molecule has 0 aliphatic carbocycles. The molecule has 0 aliphatic heterocycles. The van der Waals surface area contributed by atoms with Crippen molar-refractivity contribution in [3.63, 3.8) is 0 Å². The van der Waals surface area contributed by atoms with E-state index in [0.717, 1.165) is 6.92 Å². The molecule has 5 N–H and O–H groups in total. The zero-order valence-electron chi connectivity index (χ0n) is 6.56. The Hall–Kier alpha value is -0.890. The van der Waals surface area contributed by atoms with Crippen LogP contribution >= 0.6 is 0 Å². The van der Waals surface area contributed by atoms with E-state index >= 15 is 0 Å². The predicted octanol–water partition coefficient (Wildman–Crippen LogP) is -2.44. The van der Waals surface area contributed by atoms with Gasteiger partial charge in [0, 0.05) is 6.92 Å². The molecular weight excluding hydrogens is 168 g/mol. The Balaban J connectivity index is 4.25. The maximum absolute atomic E-state index is 10.8. The number of amides is 2. The van der Waals surface area contributed by atoms with Crippen molar-refractivity contribution in [3.8, 4) is 0 Å². The van der Waals surface area contributed by atoms with Crippen LogP contribution < -0.4 is 5.32 Å². The first-order valence-electron chi connectivity index (χ1n) is 3.15. The van der Waals surface area contributed by atoms with Crippen LogP contribution in [-0.2, 0) is 0 Å².